The van der Waals surface area contributed by atoms with Crippen LogP contribution in [0.4, 0.5) is 10.5 Å². The van der Waals surface area contributed by atoms with Crippen molar-refractivity contribution in [3.63, 3.8) is 0 Å². The van der Waals surface area contributed by atoms with Gasteiger partial charge in [0.25, 0.3) is 0 Å². The number of rotatable bonds is 6. The van der Waals surface area contributed by atoms with Crippen molar-refractivity contribution < 1.29 is 4.79 Å². The van der Waals surface area contributed by atoms with Crippen molar-refractivity contribution in [1.29, 1.82) is 0 Å². The van der Waals surface area contributed by atoms with Crippen LogP contribution < -0.4 is 15.5 Å². The zero-order valence-electron chi connectivity index (χ0n) is 14.1. The third-order valence-corrected chi connectivity index (χ3v) is 4.35. The van der Waals surface area contributed by atoms with Gasteiger partial charge in [0.2, 0.25) is 0 Å². The number of nitrogens with one attached hydrogen (secondary N) is 2. The number of urea groups is 1. The molecule has 2 amide bonds. The number of anilines is 1. The van der Waals surface area contributed by atoms with Gasteiger partial charge < -0.3 is 15.5 Å². The number of nitrogens with zero attached hydrogens (tertiary/aromatic N) is 3. The second-order valence-corrected chi connectivity index (χ2v) is 6.29. The van der Waals surface area contributed by atoms with Gasteiger partial charge in [-0.1, -0.05) is 30.3 Å². The van der Waals surface area contributed by atoms with E-state index in [1.54, 1.807) is 4.68 Å². The topological polar surface area (TPSA) is 62.2 Å². The van der Waals surface area contributed by atoms with E-state index in [0.29, 0.717) is 6.54 Å². The molecule has 1 unspecified atom stereocenters. The molecule has 2 heterocycles. The Hall–Kier alpha value is -2.50. The Morgan fingerprint density at radius 2 is 2.17 bits per heavy atom. The molecule has 2 N–H and O–H groups in total. The van der Waals surface area contributed by atoms with Crippen LogP contribution in [0.3, 0.4) is 0 Å². The van der Waals surface area contributed by atoms with Gasteiger partial charge in [-0.25, -0.2) is 4.79 Å². The number of hydrogen-bond acceptors (Lipinski definition) is 3. The van der Waals surface area contributed by atoms with Crippen molar-refractivity contribution in [3.8, 4) is 0 Å². The highest BCUT2D eigenvalue weighted by Gasteiger charge is 2.24. The average molecular weight is 327 g/mol. The standard InChI is InChI=1S/C18H25N5O/c1-22-14-17(12-20-22)23-11-9-16(13-23)21-18(24)19-10-5-8-15-6-3-2-4-7-15/h2-4,6-7,12,14,16H,5,8-11,13H2,1H3,(H2,19,21,24). The lowest BCUT2D eigenvalue weighted by molar-refractivity contribution is 0.237. The van der Waals surface area contributed by atoms with E-state index in [2.05, 4.69) is 32.8 Å². The summed E-state index contributed by atoms with van der Waals surface area (Å²) < 4.78 is 1.80. The van der Waals surface area contributed by atoms with Gasteiger partial charge in [0, 0.05) is 38.9 Å². The first-order chi connectivity index (χ1) is 11.7. The van der Waals surface area contributed by atoms with E-state index >= 15 is 0 Å². The molecule has 1 aliphatic rings. The molecule has 0 radical (unpaired) electrons. The highest BCUT2D eigenvalue weighted by molar-refractivity contribution is 5.74. The number of carbonyl (C=O) groups excluding carboxylic acids is 1. The first-order valence-corrected chi connectivity index (χ1v) is 8.52. The van der Waals surface area contributed by atoms with Crippen LogP contribution in [-0.2, 0) is 13.5 Å². The van der Waals surface area contributed by atoms with Crippen LogP contribution in [0, 0.1) is 0 Å². The molecule has 1 aromatic heterocycles. The van der Waals surface area contributed by atoms with E-state index in [4.69, 9.17) is 0 Å². The summed E-state index contributed by atoms with van der Waals surface area (Å²) in [6.45, 7) is 2.48. The number of carbonyl (C=O) groups is 1. The Morgan fingerprint density at radius 3 is 2.92 bits per heavy atom. The van der Waals surface area contributed by atoms with Gasteiger partial charge in [0.1, 0.15) is 0 Å². The van der Waals surface area contributed by atoms with Crippen LogP contribution in [0.2, 0.25) is 0 Å². The Balaban J connectivity index is 1.34. The van der Waals surface area contributed by atoms with Crippen LogP contribution in [0.1, 0.15) is 18.4 Å². The Labute approximate surface area is 142 Å². The summed E-state index contributed by atoms with van der Waals surface area (Å²) in [6.07, 6.45) is 6.77. The fourth-order valence-electron chi connectivity index (χ4n) is 3.06. The zero-order chi connectivity index (χ0) is 16.8. The molecule has 0 spiro atoms. The number of aryl methyl sites for hydroxylation is 2. The number of benzene rings is 1. The van der Waals surface area contributed by atoms with Gasteiger partial charge in [-0.05, 0) is 24.8 Å². The second-order valence-electron chi connectivity index (χ2n) is 6.29. The van der Waals surface area contributed by atoms with Gasteiger partial charge in [-0.15, -0.1) is 0 Å². The molecule has 2 aromatic rings. The second kappa shape index (κ2) is 7.86. The third-order valence-electron chi connectivity index (χ3n) is 4.35. The highest BCUT2D eigenvalue weighted by atomic mass is 16.2. The van der Waals surface area contributed by atoms with Crippen molar-refractivity contribution in [2.45, 2.75) is 25.3 Å². The zero-order valence-corrected chi connectivity index (χ0v) is 14.1. The molecule has 0 saturated carbocycles. The van der Waals surface area contributed by atoms with Crippen LogP contribution >= 0.6 is 0 Å². The molecule has 128 valence electrons. The molecule has 24 heavy (non-hydrogen) atoms. The van der Waals surface area contributed by atoms with Crippen molar-refractivity contribution >= 4 is 11.7 Å². The van der Waals surface area contributed by atoms with Crippen molar-refractivity contribution in [3.05, 3.63) is 48.3 Å². The van der Waals surface area contributed by atoms with E-state index in [9.17, 15) is 4.79 Å². The molecule has 1 aliphatic heterocycles. The molecule has 1 saturated heterocycles. The molecule has 0 aliphatic carbocycles. The summed E-state index contributed by atoms with van der Waals surface area (Å²) in [6, 6.07) is 10.5. The predicted octanol–water partition coefficient (Wildman–Crippen LogP) is 1.93. The molecule has 1 aromatic carbocycles. The smallest absolute Gasteiger partial charge is 0.315 e. The first kappa shape index (κ1) is 16.4. The molecular formula is C18H25N5O. The van der Waals surface area contributed by atoms with Gasteiger partial charge in [-0.3, -0.25) is 4.68 Å². The van der Waals surface area contributed by atoms with Gasteiger partial charge in [0.15, 0.2) is 0 Å². The van der Waals surface area contributed by atoms with E-state index in [-0.39, 0.29) is 12.1 Å². The molecular weight excluding hydrogens is 302 g/mol. The lowest BCUT2D eigenvalue weighted by atomic mass is 10.1. The van der Waals surface area contributed by atoms with E-state index < -0.39 is 0 Å². The number of aromatic nitrogens is 2. The molecule has 1 atom stereocenters. The number of hydrogen-bond donors (Lipinski definition) is 2. The largest absolute Gasteiger partial charge is 0.367 e. The fraction of sp³-hybridized carbons (Fsp3) is 0.444. The van der Waals surface area contributed by atoms with Gasteiger partial charge >= 0.3 is 6.03 Å². The highest BCUT2D eigenvalue weighted by Crippen LogP contribution is 2.19. The van der Waals surface area contributed by atoms with Crippen LogP contribution in [0.15, 0.2) is 42.7 Å². The first-order valence-electron chi connectivity index (χ1n) is 8.52. The third kappa shape index (κ3) is 4.50. The van der Waals surface area contributed by atoms with Gasteiger partial charge in [-0.2, -0.15) is 5.10 Å². The van der Waals surface area contributed by atoms with E-state index in [0.717, 1.165) is 38.0 Å². The van der Waals surface area contributed by atoms with E-state index in [1.807, 2.05) is 37.6 Å². The maximum absolute atomic E-state index is 12.0. The summed E-state index contributed by atoms with van der Waals surface area (Å²) in [7, 11) is 1.91. The maximum Gasteiger partial charge on any atom is 0.315 e. The van der Waals surface area contributed by atoms with Crippen molar-refractivity contribution in [1.82, 2.24) is 20.4 Å². The van der Waals surface area contributed by atoms with E-state index in [1.165, 1.54) is 5.56 Å². The maximum atomic E-state index is 12.0. The minimum atomic E-state index is -0.0684. The Bertz CT molecular complexity index is 654. The minimum absolute atomic E-state index is 0.0684. The Kier molecular flexibility index (Phi) is 5.36. The molecule has 0 bridgehead atoms. The Morgan fingerprint density at radius 1 is 1.33 bits per heavy atom. The van der Waals surface area contributed by atoms with Crippen LogP contribution in [0.25, 0.3) is 0 Å². The SMILES string of the molecule is Cn1cc(N2CCC(NC(=O)NCCCc3ccccc3)C2)cn1. The summed E-state index contributed by atoms with van der Waals surface area (Å²) in [4.78, 5) is 14.3. The molecule has 1 fully saturated rings. The van der Waals surface area contributed by atoms with Gasteiger partial charge in [0.05, 0.1) is 11.9 Å². The number of amides is 2. The quantitative estimate of drug-likeness (QED) is 0.797. The normalized spacial score (nSPS) is 17.0. The molecule has 6 heteroatoms. The predicted molar refractivity (Wildman–Crippen MR) is 95.1 cm³/mol. The van der Waals surface area contributed by atoms with Crippen molar-refractivity contribution in [2.24, 2.45) is 7.05 Å². The van der Waals surface area contributed by atoms with Crippen LogP contribution in [0.5, 0.6) is 0 Å². The molecule has 6 nitrogen and oxygen atoms in total. The molecule has 3 rings (SSSR count). The van der Waals surface area contributed by atoms with Crippen molar-refractivity contribution in [2.75, 3.05) is 24.5 Å². The summed E-state index contributed by atoms with van der Waals surface area (Å²) >= 11 is 0. The minimum Gasteiger partial charge on any atom is -0.367 e. The fourth-order valence-corrected chi connectivity index (χ4v) is 3.06. The lowest BCUT2D eigenvalue weighted by Gasteiger charge is -2.17. The average Bonchev–Trinajstić information content (AvgIpc) is 3.21. The lowest BCUT2D eigenvalue weighted by Crippen LogP contribution is -2.43. The summed E-state index contributed by atoms with van der Waals surface area (Å²) in [5, 5.41) is 10.2. The monoisotopic (exact) mass is 327 g/mol. The summed E-state index contributed by atoms with van der Waals surface area (Å²) in [5.74, 6) is 0. The van der Waals surface area contributed by atoms with Crippen LogP contribution in [-0.4, -0.2) is 41.5 Å². The summed E-state index contributed by atoms with van der Waals surface area (Å²) in [5.41, 5.74) is 2.42.